The lowest BCUT2D eigenvalue weighted by Crippen LogP contribution is -2.35. The molecule has 2 rings (SSSR count). The molecule has 0 bridgehead atoms. The van der Waals surface area contributed by atoms with Gasteiger partial charge >= 0.3 is 0 Å². The lowest BCUT2D eigenvalue weighted by molar-refractivity contribution is 0.231. The minimum atomic E-state index is 0.877. The molecule has 15 heavy (non-hydrogen) atoms. The molecule has 2 heterocycles. The predicted octanol–water partition coefficient (Wildman–Crippen LogP) is 0.766. The van der Waals surface area contributed by atoms with Crippen LogP contribution in [0.3, 0.4) is 0 Å². The smallest absolute Gasteiger partial charge is 0.0235 e. The Morgan fingerprint density at radius 1 is 1.20 bits per heavy atom. The highest BCUT2D eigenvalue weighted by atomic mass is 15.3. The van der Waals surface area contributed by atoms with Crippen molar-refractivity contribution in [3.05, 3.63) is 0 Å². The zero-order valence-corrected chi connectivity index (χ0v) is 10.0. The van der Waals surface area contributed by atoms with Crippen molar-refractivity contribution < 1.29 is 0 Å². The van der Waals surface area contributed by atoms with Crippen LogP contribution >= 0.6 is 0 Å². The van der Waals surface area contributed by atoms with E-state index in [0.717, 1.165) is 12.6 Å². The van der Waals surface area contributed by atoms with Gasteiger partial charge in [-0.1, -0.05) is 0 Å². The summed E-state index contributed by atoms with van der Waals surface area (Å²) in [5, 5.41) is 3.22. The molecule has 0 aromatic carbocycles. The Kier molecular flexibility index (Phi) is 4.42. The fraction of sp³-hybridized carbons (Fsp3) is 1.00. The molecule has 3 heteroatoms. The summed E-state index contributed by atoms with van der Waals surface area (Å²) in [7, 11) is 2.04. The Bertz CT molecular complexity index is 178. The maximum atomic E-state index is 3.22. The first kappa shape index (κ1) is 11.4. The van der Waals surface area contributed by atoms with Crippen molar-refractivity contribution in [1.82, 2.24) is 15.1 Å². The Morgan fingerprint density at radius 2 is 2.00 bits per heavy atom. The standard InChI is InChI=1S/C12H25N3/c1-13-6-4-7-14-10-5-12(11-14)15-8-2-3-9-15/h12-13H,2-11H2,1H3. The molecule has 1 unspecified atom stereocenters. The second-order valence-electron chi connectivity index (χ2n) is 4.94. The summed E-state index contributed by atoms with van der Waals surface area (Å²) in [5.74, 6) is 0. The second-order valence-corrected chi connectivity index (χ2v) is 4.94. The molecule has 2 saturated heterocycles. The molecule has 3 nitrogen and oxygen atoms in total. The van der Waals surface area contributed by atoms with Gasteiger partial charge in [-0.05, 0) is 65.5 Å². The largest absolute Gasteiger partial charge is 0.320 e. The van der Waals surface area contributed by atoms with Crippen LogP contribution in [0.4, 0.5) is 0 Å². The van der Waals surface area contributed by atoms with Gasteiger partial charge in [0, 0.05) is 12.6 Å². The number of nitrogens with zero attached hydrogens (tertiary/aromatic N) is 2. The molecule has 1 N–H and O–H groups in total. The molecular weight excluding hydrogens is 186 g/mol. The third-order valence-corrected chi connectivity index (χ3v) is 3.81. The Morgan fingerprint density at radius 3 is 2.73 bits per heavy atom. The third kappa shape index (κ3) is 3.16. The summed E-state index contributed by atoms with van der Waals surface area (Å²) < 4.78 is 0. The molecule has 0 aliphatic carbocycles. The van der Waals surface area contributed by atoms with Crippen molar-refractivity contribution >= 4 is 0 Å². The Hall–Kier alpha value is -0.120. The highest BCUT2D eigenvalue weighted by Crippen LogP contribution is 2.20. The van der Waals surface area contributed by atoms with E-state index in [0.29, 0.717) is 0 Å². The lowest BCUT2D eigenvalue weighted by atomic mass is 10.2. The summed E-state index contributed by atoms with van der Waals surface area (Å²) in [4.78, 5) is 5.35. The van der Waals surface area contributed by atoms with Crippen molar-refractivity contribution in [3.63, 3.8) is 0 Å². The number of rotatable bonds is 5. The van der Waals surface area contributed by atoms with Crippen LogP contribution < -0.4 is 5.32 Å². The van der Waals surface area contributed by atoms with Crippen molar-refractivity contribution in [3.8, 4) is 0 Å². The van der Waals surface area contributed by atoms with E-state index >= 15 is 0 Å². The number of hydrogen-bond donors (Lipinski definition) is 1. The van der Waals surface area contributed by atoms with E-state index in [4.69, 9.17) is 0 Å². The summed E-state index contributed by atoms with van der Waals surface area (Å²) in [6.07, 6.45) is 5.55. The highest BCUT2D eigenvalue weighted by Gasteiger charge is 2.28. The van der Waals surface area contributed by atoms with Crippen LogP contribution in [-0.4, -0.2) is 62.2 Å². The summed E-state index contributed by atoms with van der Waals surface area (Å²) >= 11 is 0. The van der Waals surface area contributed by atoms with E-state index in [-0.39, 0.29) is 0 Å². The minimum Gasteiger partial charge on any atom is -0.320 e. The summed E-state index contributed by atoms with van der Waals surface area (Å²) in [6, 6.07) is 0.877. The van der Waals surface area contributed by atoms with Crippen LogP contribution in [0.15, 0.2) is 0 Å². The van der Waals surface area contributed by atoms with E-state index in [1.807, 2.05) is 7.05 Å². The molecule has 0 amide bonds. The van der Waals surface area contributed by atoms with Crippen LogP contribution in [0.5, 0.6) is 0 Å². The summed E-state index contributed by atoms with van der Waals surface area (Å²) in [5.41, 5.74) is 0. The van der Waals surface area contributed by atoms with Crippen LogP contribution in [0.2, 0.25) is 0 Å². The zero-order valence-electron chi connectivity index (χ0n) is 10.0. The van der Waals surface area contributed by atoms with Gasteiger partial charge in [0.2, 0.25) is 0 Å². The molecule has 0 aromatic rings. The summed E-state index contributed by atoms with van der Waals surface area (Å²) in [6.45, 7) is 7.80. The van der Waals surface area contributed by atoms with Gasteiger partial charge in [-0.15, -0.1) is 0 Å². The van der Waals surface area contributed by atoms with Crippen molar-refractivity contribution in [2.45, 2.75) is 31.7 Å². The topological polar surface area (TPSA) is 18.5 Å². The van der Waals surface area contributed by atoms with E-state index in [9.17, 15) is 0 Å². The van der Waals surface area contributed by atoms with E-state index in [2.05, 4.69) is 15.1 Å². The molecule has 0 saturated carbocycles. The lowest BCUT2D eigenvalue weighted by Gasteiger charge is -2.23. The van der Waals surface area contributed by atoms with Gasteiger partial charge in [-0.2, -0.15) is 0 Å². The van der Waals surface area contributed by atoms with Gasteiger partial charge in [-0.25, -0.2) is 0 Å². The molecule has 1 atom stereocenters. The van der Waals surface area contributed by atoms with E-state index in [1.54, 1.807) is 0 Å². The average molecular weight is 211 g/mol. The highest BCUT2D eigenvalue weighted by molar-refractivity contribution is 4.85. The number of hydrogen-bond acceptors (Lipinski definition) is 3. The average Bonchev–Trinajstić information content (AvgIpc) is 2.87. The maximum absolute atomic E-state index is 3.22. The van der Waals surface area contributed by atoms with Crippen molar-refractivity contribution in [2.75, 3.05) is 46.3 Å². The predicted molar refractivity (Wildman–Crippen MR) is 64.2 cm³/mol. The van der Waals surface area contributed by atoms with Gasteiger partial charge in [0.15, 0.2) is 0 Å². The molecule has 2 aliphatic rings. The van der Waals surface area contributed by atoms with Crippen molar-refractivity contribution in [2.24, 2.45) is 0 Å². The van der Waals surface area contributed by atoms with Gasteiger partial charge in [-0.3, -0.25) is 4.90 Å². The Balaban J connectivity index is 1.65. The first-order chi connectivity index (χ1) is 7.40. The number of likely N-dealkylation sites (tertiary alicyclic amines) is 2. The molecule has 0 aromatic heterocycles. The van der Waals surface area contributed by atoms with Gasteiger partial charge < -0.3 is 10.2 Å². The molecule has 2 fully saturated rings. The van der Waals surface area contributed by atoms with Gasteiger partial charge in [0.25, 0.3) is 0 Å². The zero-order chi connectivity index (χ0) is 10.5. The molecule has 2 aliphatic heterocycles. The van der Waals surface area contributed by atoms with Crippen LogP contribution in [0.25, 0.3) is 0 Å². The minimum absolute atomic E-state index is 0.877. The quantitative estimate of drug-likeness (QED) is 0.678. The van der Waals surface area contributed by atoms with Crippen LogP contribution in [-0.2, 0) is 0 Å². The SMILES string of the molecule is CNCCCN1CCC(N2CCCC2)C1. The molecule has 0 radical (unpaired) electrons. The first-order valence-corrected chi connectivity index (χ1v) is 6.51. The molecular formula is C12H25N3. The molecule has 0 spiro atoms. The fourth-order valence-corrected chi connectivity index (χ4v) is 2.90. The molecule has 88 valence electrons. The van der Waals surface area contributed by atoms with Crippen molar-refractivity contribution in [1.29, 1.82) is 0 Å². The normalized spacial score (nSPS) is 29.0. The fourth-order valence-electron chi connectivity index (χ4n) is 2.90. The third-order valence-electron chi connectivity index (χ3n) is 3.81. The maximum Gasteiger partial charge on any atom is 0.0235 e. The second kappa shape index (κ2) is 5.83. The van der Waals surface area contributed by atoms with E-state index in [1.165, 1.54) is 58.4 Å². The monoisotopic (exact) mass is 211 g/mol. The first-order valence-electron chi connectivity index (χ1n) is 6.51. The van der Waals surface area contributed by atoms with Crippen LogP contribution in [0, 0.1) is 0 Å². The number of nitrogens with one attached hydrogen (secondary N) is 1. The van der Waals surface area contributed by atoms with Crippen LogP contribution in [0.1, 0.15) is 25.7 Å². The Labute approximate surface area is 93.8 Å². The van der Waals surface area contributed by atoms with Gasteiger partial charge in [0.05, 0.1) is 0 Å². The van der Waals surface area contributed by atoms with E-state index < -0.39 is 0 Å². The van der Waals surface area contributed by atoms with Gasteiger partial charge in [0.1, 0.15) is 0 Å².